The second-order valence-electron chi connectivity index (χ2n) is 7.77. The Bertz CT molecular complexity index is 934. The van der Waals surface area contributed by atoms with Crippen LogP contribution in [0.15, 0.2) is 42.5 Å². The summed E-state index contributed by atoms with van der Waals surface area (Å²) in [6.45, 7) is 7.44. The highest BCUT2D eigenvalue weighted by Crippen LogP contribution is 2.25. The standard InChI is InChI=1S/C24H30FN3O3/c1-4-18-16-28(13-12-27(18)14-15-31-3)24(30)20-10-7-8-17(2)22(20)26-23(29)19-9-5-6-11-21(19)25/h5-11,18H,4,12-16H2,1-3H3,(H,26,29). The lowest BCUT2D eigenvalue weighted by molar-refractivity contribution is 0.0385. The van der Waals surface area contributed by atoms with Crippen molar-refractivity contribution in [2.45, 2.75) is 26.3 Å². The number of hydrogen-bond donors (Lipinski definition) is 1. The zero-order valence-electron chi connectivity index (χ0n) is 18.4. The lowest BCUT2D eigenvalue weighted by Gasteiger charge is -2.41. The summed E-state index contributed by atoms with van der Waals surface area (Å²) in [4.78, 5) is 30.3. The Balaban J connectivity index is 1.80. The minimum atomic E-state index is -0.598. The maximum Gasteiger partial charge on any atom is 0.258 e. The van der Waals surface area contributed by atoms with Crippen molar-refractivity contribution in [2.24, 2.45) is 0 Å². The van der Waals surface area contributed by atoms with Gasteiger partial charge in [0.05, 0.1) is 23.4 Å². The van der Waals surface area contributed by atoms with Crippen LogP contribution >= 0.6 is 0 Å². The average molecular weight is 428 g/mol. The number of carbonyl (C=O) groups excluding carboxylic acids is 2. The molecule has 3 rings (SSSR count). The van der Waals surface area contributed by atoms with Crippen molar-refractivity contribution in [1.82, 2.24) is 9.80 Å². The molecule has 2 amide bonds. The molecule has 0 bridgehead atoms. The fourth-order valence-corrected chi connectivity index (χ4v) is 3.98. The molecule has 1 aliphatic rings. The number of anilines is 1. The van der Waals surface area contributed by atoms with Gasteiger partial charge in [-0.05, 0) is 37.1 Å². The van der Waals surface area contributed by atoms with Crippen LogP contribution in [0.1, 0.15) is 39.6 Å². The zero-order chi connectivity index (χ0) is 22.4. The van der Waals surface area contributed by atoms with E-state index in [1.54, 1.807) is 25.3 Å². The van der Waals surface area contributed by atoms with Gasteiger partial charge >= 0.3 is 0 Å². The molecule has 1 fully saturated rings. The molecule has 1 N–H and O–H groups in total. The van der Waals surface area contributed by atoms with Gasteiger partial charge in [-0.25, -0.2) is 4.39 Å². The molecule has 0 aromatic heterocycles. The highest BCUT2D eigenvalue weighted by Gasteiger charge is 2.30. The second kappa shape index (κ2) is 10.5. The molecule has 2 aromatic rings. The van der Waals surface area contributed by atoms with Gasteiger partial charge in [0, 0.05) is 39.3 Å². The van der Waals surface area contributed by atoms with Gasteiger partial charge in [0.1, 0.15) is 5.82 Å². The molecular weight excluding hydrogens is 397 g/mol. The number of halogens is 1. The van der Waals surface area contributed by atoms with Gasteiger partial charge < -0.3 is 15.0 Å². The van der Waals surface area contributed by atoms with Crippen molar-refractivity contribution < 1.29 is 18.7 Å². The Morgan fingerprint density at radius 3 is 2.58 bits per heavy atom. The van der Waals surface area contributed by atoms with Crippen LogP contribution in [0.3, 0.4) is 0 Å². The summed E-state index contributed by atoms with van der Waals surface area (Å²) in [6.07, 6.45) is 0.929. The van der Waals surface area contributed by atoms with Gasteiger partial charge in [-0.2, -0.15) is 0 Å². The predicted octanol–water partition coefficient (Wildman–Crippen LogP) is 3.57. The van der Waals surface area contributed by atoms with Crippen molar-refractivity contribution in [3.8, 4) is 0 Å². The van der Waals surface area contributed by atoms with Crippen molar-refractivity contribution in [3.05, 3.63) is 65.0 Å². The third kappa shape index (κ3) is 5.29. The first kappa shape index (κ1) is 22.9. The predicted molar refractivity (Wildman–Crippen MR) is 119 cm³/mol. The van der Waals surface area contributed by atoms with E-state index in [0.717, 1.165) is 25.1 Å². The lowest BCUT2D eigenvalue weighted by atomic mass is 10.0. The highest BCUT2D eigenvalue weighted by molar-refractivity contribution is 6.09. The van der Waals surface area contributed by atoms with Crippen LogP contribution in [0.25, 0.3) is 0 Å². The quantitative estimate of drug-likeness (QED) is 0.734. The van der Waals surface area contributed by atoms with E-state index in [2.05, 4.69) is 17.1 Å². The number of hydrogen-bond acceptors (Lipinski definition) is 4. The summed E-state index contributed by atoms with van der Waals surface area (Å²) >= 11 is 0. The minimum Gasteiger partial charge on any atom is -0.383 e. The molecule has 1 atom stereocenters. The van der Waals surface area contributed by atoms with E-state index in [0.29, 0.717) is 30.9 Å². The number of nitrogens with one attached hydrogen (secondary N) is 1. The van der Waals surface area contributed by atoms with Crippen molar-refractivity contribution in [3.63, 3.8) is 0 Å². The minimum absolute atomic E-state index is 0.0537. The van der Waals surface area contributed by atoms with Gasteiger partial charge in [0.2, 0.25) is 0 Å². The average Bonchev–Trinajstić information content (AvgIpc) is 2.78. The fourth-order valence-electron chi connectivity index (χ4n) is 3.98. The zero-order valence-corrected chi connectivity index (χ0v) is 18.4. The molecule has 31 heavy (non-hydrogen) atoms. The second-order valence-corrected chi connectivity index (χ2v) is 7.77. The number of ether oxygens (including phenoxy) is 1. The van der Waals surface area contributed by atoms with Crippen LogP contribution in [0, 0.1) is 12.7 Å². The Hall–Kier alpha value is -2.77. The number of benzene rings is 2. The van der Waals surface area contributed by atoms with Crippen LogP contribution < -0.4 is 5.32 Å². The Morgan fingerprint density at radius 1 is 1.13 bits per heavy atom. The summed E-state index contributed by atoms with van der Waals surface area (Å²) < 4.78 is 19.3. The molecular formula is C24H30FN3O3. The van der Waals surface area contributed by atoms with Crippen molar-refractivity contribution in [2.75, 3.05) is 45.2 Å². The van der Waals surface area contributed by atoms with E-state index in [4.69, 9.17) is 4.74 Å². The van der Waals surface area contributed by atoms with Crippen LogP contribution in [-0.4, -0.2) is 67.6 Å². The van der Waals surface area contributed by atoms with Gasteiger partial charge in [-0.15, -0.1) is 0 Å². The van der Waals surface area contributed by atoms with Gasteiger partial charge in [0.25, 0.3) is 11.8 Å². The topological polar surface area (TPSA) is 61.9 Å². The Kier molecular flexibility index (Phi) is 7.76. The molecule has 0 aliphatic carbocycles. The molecule has 2 aromatic carbocycles. The molecule has 1 aliphatic heterocycles. The fraction of sp³-hybridized carbons (Fsp3) is 0.417. The lowest BCUT2D eigenvalue weighted by Crippen LogP contribution is -2.55. The number of carbonyl (C=O) groups is 2. The molecule has 1 saturated heterocycles. The number of para-hydroxylation sites is 1. The number of amides is 2. The van der Waals surface area contributed by atoms with Crippen LogP contribution in [0.4, 0.5) is 10.1 Å². The SMILES string of the molecule is CCC1CN(C(=O)c2cccc(C)c2NC(=O)c2ccccc2F)CCN1CCOC. The number of aryl methyl sites for hydroxylation is 1. The van der Waals surface area contributed by atoms with E-state index in [1.165, 1.54) is 18.2 Å². The molecule has 0 spiro atoms. The Labute approximate surface area is 183 Å². The Morgan fingerprint density at radius 2 is 1.87 bits per heavy atom. The van der Waals surface area contributed by atoms with Gasteiger partial charge in [-0.1, -0.05) is 31.2 Å². The molecule has 0 saturated carbocycles. The van der Waals surface area contributed by atoms with E-state index in [1.807, 2.05) is 17.9 Å². The number of piperazine rings is 1. The van der Waals surface area contributed by atoms with E-state index < -0.39 is 11.7 Å². The number of methoxy groups -OCH3 is 1. The largest absolute Gasteiger partial charge is 0.383 e. The first-order valence-electron chi connectivity index (χ1n) is 10.6. The molecule has 6 nitrogen and oxygen atoms in total. The smallest absolute Gasteiger partial charge is 0.258 e. The van der Waals surface area contributed by atoms with Crippen molar-refractivity contribution >= 4 is 17.5 Å². The molecule has 1 unspecified atom stereocenters. The third-order valence-corrected chi connectivity index (χ3v) is 5.81. The molecule has 1 heterocycles. The van der Waals surface area contributed by atoms with Gasteiger partial charge in [0.15, 0.2) is 0 Å². The first-order valence-corrected chi connectivity index (χ1v) is 10.6. The summed E-state index contributed by atoms with van der Waals surface area (Å²) in [6, 6.07) is 11.4. The summed E-state index contributed by atoms with van der Waals surface area (Å²) in [5.41, 5.74) is 1.55. The van der Waals surface area contributed by atoms with Crippen LogP contribution in [-0.2, 0) is 4.74 Å². The molecule has 166 valence electrons. The van der Waals surface area contributed by atoms with Crippen LogP contribution in [0.2, 0.25) is 0 Å². The molecule has 0 radical (unpaired) electrons. The van der Waals surface area contributed by atoms with E-state index >= 15 is 0 Å². The normalized spacial score (nSPS) is 16.9. The summed E-state index contributed by atoms with van der Waals surface area (Å²) in [5.74, 6) is -1.30. The van der Waals surface area contributed by atoms with E-state index in [-0.39, 0.29) is 17.5 Å². The first-order chi connectivity index (χ1) is 15.0. The monoisotopic (exact) mass is 427 g/mol. The van der Waals surface area contributed by atoms with Crippen LogP contribution in [0.5, 0.6) is 0 Å². The maximum absolute atomic E-state index is 14.1. The number of rotatable bonds is 7. The third-order valence-electron chi connectivity index (χ3n) is 5.81. The number of nitrogens with zero attached hydrogens (tertiary/aromatic N) is 2. The summed E-state index contributed by atoms with van der Waals surface area (Å²) in [5, 5.41) is 2.76. The van der Waals surface area contributed by atoms with E-state index in [9.17, 15) is 14.0 Å². The molecule has 7 heteroatoms. The van der Waals surface area contributed by atoms with Gasteiger partial charge in [-0.3, -0.25) is 14.5 Å². The highest BCUT2D eigenvalue weighted by atomic mass is 19.1. The van der Waals surface area contributed by atoms with Crippen molar-refractivity contribution in [1.29, 1.82) is 0 Å². The summed E-state index contributed by atoms with van der Waals surface area (Å²) in [7, 11) is 1.69. The maximum atomic E-state index is 14.1.